The summed E-state index contributed by atoms with van der Waals surface area (Å²) in [6, 6.07) is 4.58. The van der Waals surface area contributed by atoms with Crippen LogP contribution in [0.15, 0.2) is 18.2 Å². The minimum Gasteiger partial charge on any atom is -0.465 e. The third-order valence-corrected chi connectivity index (χ3v) is 5.10. The van der Waals surface area contributed by atoms with Crippen molar-refractivity contribution in [2.75, 3.05) is 12.8 Å². The van der Waals surface area contributed by atoms with Crippen LogP contribution in [0.5, 0.6) is 0 Å². The first-order chi connectivity index (χ1) is 9.49. The van der Waals surface area contributed by atoms with E-state index in [1.165, 1.54) is 30.6 Å². The lowest BCUT2D eigenvalue weighted by Gasteiger charge is -2.05. The number of carbonyl (C=O) groups is 1. The first-order valence-corrected chi connectivity index (χ1v) is 7.84. The van der Waals surface area contributed by atoms with E-state index >= 15 is 0 Å². The second-order valence-electron chi connectivity index (χ2n) is 4.12. The molecule has 106 valence electrons. The SMILES string of the molecule is CCc1c(-c2ccc(F)cc2I)sc(C(=O)OC)c1N. The van der Waals surface area contributed by atoms with E-state index in [0.717, 1.165) is 19.6 Å². The first-order valence-electron chi connectivity index (χ1n) is 5.94. The molecule has 0 amide bonds. The maximum absolute atomic E-state index is 13.2. The van der Waals surface area contributed by atoms with Gasteiger partial charge < -0.3 is 10.5 Å². The van der Waals surface area contributed by atoms with E-state index in [0.29, 0.717) is 17.0 Å². The molecule has 0 radical (unpaired) electrons. The Kier molecular flexibility index (Phi) is 4.64. The summed E-state index contributed by atoms with van der Waals surface area (Å²) in [6.45, 7) is 1.97. The molecule has 0 unspecified atom stereocenters. The normalized spacial score (nSPS) is 10.6. The first kappa shape index (κ1) is 15.2. The Morgan fingerprint density at radius 1 is 1.50 bits per heavy atom. The van der Waals surface area contributed by atoms with Gasteiger partial charge in [-0.15, -0.1) is 11.3 Å². The smallest absolute Gasteiger partial charge is 0.350 e. The fourth-order valence-electron chi connectivity index (χ4n) is 1.96. The summed E-state index contributed by atoms with van der Waals surface area (Å²) in [5.41, 5.74) is 8.29. The molecule has 1 aromatic carbocycles. The third-order valence-electron chi connectivity index (χ3n) is 2.95. The molecular weight excluding hydrogens is 392 g/mol. The number of nitrogen functional groups attached to an aromatic ring is 1. The summed E-state index contributed by atoms with van der Waals surface area (Å²) >= 11 is 3.37. The predicted molar refractivity (Wildman–Crippen MR) is 87.6 cm³/mol. The molecule has 0 aliphatic heterocycles. The maximum atomic E-state index is 13.2. The lowest BCUT2D eigenvalue weighted by molar-refractivity contribution is 0.0607. The molecule has 0 aliphatic rings. The molecule has 0 saturated heterocycles. The van der Waals surface area contributed by atoms with E-state index in [1.807, 2.05) is 6.92 Å². The summed E-state index contributed by atoms with van der Waals surface area (Å²) in [7, 11) is 1.33. The molecule has 2 rings (SSSR count). The summed E-state index contributed by atoms with van der Waals surface area (Å²) in [4.78, 5) is 13.0. The summed E-state index contributed by atoms with van der Waals surface area (Å²) in [5.74, 6) is -0.723. The number of esters is 1. The van der Waals surface area contributed by atoms with Gasteiger partial charge in [0.2, 0.25) is 0 Å². The van der Waals surface area contributed by atoms with Gasteiger partial charge in [-0.2, -0.15) is 0 Å². The Balaban J connectivity index is 2.64. The van der Waals surface area contributed by atoms with Crippen molar-refractivity contribution in [2.24, 2.45) is 0 Å². The van der Waals surface area contributed by atoms with Gasteiger partial charge in [0.25, 0.3) is 0 Å². The maximum Gasteiger partial charge on any atom is 0.350 e. The Morgan fingerprint density at radius 2 is 2.20 bits per heavy atom. The molecule has 20 heavy (non-hydrogen) atoms. The van der Waals surface area contributed by atoms with E-state index in [9.17, 15) is 9.18 Å². The van der Waals surface area contributed by atoms with Gasteiger partial charge in [0.15, 0.2) is 0 Å². The van der Waals surface area contributed by atoms with Crippen molar-refractivity contribution in [3.63, 3.8) is 0 Å². The zero-order valence-electron chi connectivity index (χ0n) is 11.0. The average molecular weight is 405 g/mol. The van der Waals surface area contributed by atoms with Crippen molar-refractivity contribution in [1.29, 1.82) is 0 Å². The number of hydrogen-bond acceptors (Lipinski definition) is 4. The minimum atomic E-state index is -0.439. The zero-order chi connectivity index (χ0) is 14.9. The highest BCUT2D eigenvalue weighted by Crippen LogP contribution is 2.41. The van der Waals surface area contributed by atoms with Gasteiger partial charge in [0.1, 0.15) is 10.7 Å². The second-order valence-corrected chi connectivity index (χ2v) is 6.30. The Bertz CT molecular complexity index is 669. The largest absolute Gasteiger partial charge is 0.465 e. The van der Waals surface area contributed by atoms with Gasteiger partial charge in [-0.3, -0.25) is 0 Å². The van der Waals surface area contributed by atoms with Crippen LogP contribution in [0.4, 0.5) is 10.1 Å². The molecule has 0 spiro atoms. The van der Waals surface area contributed by atoms with Crippen LogP contribution in [0.25, 0.3) is 10.4 Å². The number of thiophene rings is 1. The van der Waals surface area contributed by atoms with Crippen molar-refractivity contribution in [1.82, 2.24) is 0 Å². The van der Waals surface area contributed by atoms with Gasteiger partial charge in [-0.1, -0.05) is 6.92 Å². The number of methoxy groups -OCH3 is 1. The van der Waals surface area contributed by atoms with Crippen LogP contribution in [-0.2, 0) is 11.2 Å². The molecule has 6 heteroatoms. The number of rotatable bonds is 3. The van der Waals surface area contributed by atoms with Crippen molar-refractivity contribution < 1.29 is 13.9 Å². The van der Waals surface area contributed by atoms with E-state index in [2.05, 4.69) is 22.6 Å². The number of carbonyl (C=O) groups excluding carboxylic acids is 1. The number of benzene rings is 1. The number of halogens is 2. The lowest BCUT2D eigenvalue weighted by Crippen LogP contribution is -2.02. The Labute approximate surface area is 134 Å². The van der Waals surface area contributed by atoms with Gasteiger partial charge in [-0.05, 0) is 52.8 Å². The van der Waals surface area contributed by atoms with E-state index in [4.69, 9.17) is 10.5 Å². The number of nitrogens with two attached hydrogens (primary N) is 1. The van der Waals surface area contributed by atoms with Gasteiger partial charge in [0, 0.05) is 14.0 Å². The molecule has 0 bridgehead atoms. The highest BCUT2D eigenvalue weighted by Gasteiger charge is 2.22. The number of ether oxygens (including phenoxy) is 1. The van der Waals surface area contributed by atoms with Gasteiger partial charge in [-0.25, -0.2) is 9.18 Å². The van der Waals surface area contributed by atoms with Crippen molar-refractivity contribution in [2.45, 2.75) is 13.3 Å². The molecule has 0 saturated carbocycles. The van der Waals surface area contributed by atoms with Crippen molar-refractivity contribution >= 4 is 45.6 Å². The molecular formula is C14H13FINO2S. The van der Waals surface area contributed by atoms with E-state index in [1.54, 1.807) is 6.07 Å². The highest BCUT2D eigenvalue weighted by atomic mass is 127. The Morgan fingerprint density at radius 3 is 2.75 bits per heavy atom. The summed E-state index contributed by atoms with van der Waals surface area (Å²) in [5, 5.41) is 0. The van der Waals surface area contributed by atoms with Crippen LogP contribution in [0.3, 0.4) is 0 Å². The number of hydrogen-bond donors (Lipinski definition) is 1. The molecule has 0 atom stereocenters. The average Bonchev–Trinajstić information content (AvgIpc) is 2.74. The van der Waals surface area contributed by atoms with Crippen LogP contribution in [0.2, 0.25) is 0 Å². The zero-order valence-corrected chi connectivity index (χ0v) is 14.0. The van der Waals surface area contributed by atoms with Crippen molar-refractivity contribution in [3.8, 4) is 10.4 Å². The molecule has 0 aliphatic carbocycles. The molecule has 2 aromatic rings. The van der Waals surface area contributed by atoms with E-state index < -0.39 is 5.97 Å². The van der Waals surface area contributed by atoms with Gasteiger partial charge >= 0.3 is 5.97 Å². The second kappa shape index (κ2) is 6.09. The molecule has 2 N–H and O–H groups in total. The van der Waals surface area contributed by atoms with Crippen LogP contribution in [0.1, 0.15) is 22.2 Å². The molecule has 0 fully saturated rings. The van der Waals surface area contributed by atoms with Gasteiger partial charge in [0.05, 0.1) is 12.8 Å². The fraction of sp³-hybridized carbons (Fsp3) is 0.214. The van der Waals surface area contributed by atoms with Crippen LogP contribution < -0.4 is 5.73 Å². The van der Waals surface area contributed by atoms with Crippen LogP contribution in [-0.4, -0.2) is 13.1 Å². The monoisotopic (exact) mass is 405 g/mol. The van der Waals surface area contributed by atoms with Crippen LogP contribution >= 0.6 is 33.9 Å². The Hall–Kier alpha value is -1.15. The highest BCUT2D eigenvalue weighted by molar-refractivity contribution is 14.1. The number of anilines is 1. The summed E-state index contributed by atoms with van der Waals surface area (Å²) in [6.07, 6.45) is 0.697. The molecule has 1 heterocycles. The van der Waals surface area contributed by atoms with Crippen molar-refractivity contribution in [3.05, 3.63) is 38.0 Å². The van der Waals surface area contributed by atoms with E-state index in [-0.39, 0.29) is 5.82 Å². The quantitative estimate of drug-likeness (QED) is 0.618. The molecule has 1 aromatic heterocycles. The van der Waals surface area contributed by atoms with Crippen LogP contribution in [0, 0.1) is 9.39 Å². The predicted octanol–water partition coefficient (Wildman–Crippen LogP) is 4.09. The topological polar surface area (TPSA) is 52.3 Å². The standard InChI is InChI=1S/C14H13FINO2S/c1-3-8-11(17)13(14(18)19-2)20-12(8)9-5-4-7(15)6-10(9)16/h4-6H,3,17H2,1-2H3. The molecule has 3 nitrogen and oxygen atoms in total. The minimum absolute atomic E-state index is 0.283. The summed E-state index contributed by atoms with van der Waals surface area (Å²) < 4.78 is 18.7. The third kappa shape index (κ3) is 2.67. The lowest BCUT2D eigenvalue weighted by atomic mass is 10.1. The fourth-order valence-corrected chi connectivity index (χ4v) is 4.16.